The van der Waals surface area contributed by atoms with Crippen LogP contribution in [-0.2, 0) is 11.3 Å². The molecule has 136 valence electrons. The first kappa shape index (κ1) is 18.7. The number of para-hydroxylation sites is 1. The summed E-state index contributed by atoms with van der Waals surface area (Å²) < 4.78 is 7.08. The molecule has 3 rings (SSSR count). The van der Waals surface area contributed by atoms with Crippen molar-refractivity contribution >= 4 is 23.2 Å². The van der Waals surface area contributed by atoms with Gasteiger partial charge in [0.2, 0.25) is 0 Å². The van der Waals surface area contributed by atoms with Crippen LogP contribution < -0.4 is 5.32 Å². The molecular weight excluding hydrogens is 359 g/mol. The molecule has 1 saturated heterocycles. The summed E-state index contributed by atoms with van der Waals surface area (Å²) in [5.74, 6) is 0. The monoisotopic (exact) mass is 382 g/mol. The third-order valence-electron chi connectivity index (χ3n) is 4.44. The van der Waals surface area contributed by atoms with Crippen molar-refractivity contribution in [2.75, 3.05) is 39.4 Å². The Morgan fingerprint density at radius 2 is 1.96 bits per heavy atom. The van der Waals surface area contributed by atoms with Gasteiger partial charge in [0.1, 0.15) is 5.15 Å². The predicted molar refractivity (Wildman–Crippen MR) is 102 cm³/mol. The van der Waals surface area contributed by atoms with E-state index in [0.717, 1.165) is 62.8 Å². The lowest BCUT2D eigenvalue weighted by Crippen LogP contribution is -2.37. The van der Waals surface area contributed by atoms with Gasteiger partial charge in [0.15, 0.2) is 0 Å². The summed E-state index contributed by atoms with van der Waals surface area (Å²) in [6, 6.07) is 7.58. The molecule has 7 heteroatoms. The number of aromatic nitrogens is 2. The minimum Gasteiger partial charge on any atom is -0.379 e. The third kappa shape index (κ3) is 4.74. The Bertz CT molecular complexity index is 698. The maximum Gasteiger partial charge on any atom is 0.137 e. The van der Waals surface area contributed by atoms with Gasteiger partial charge < -0.3 is 10.1 Å². The molecule has 1 fully saturated rings. The fourth-order valence-corrected chi connectivity index (χ4v) is 3.53. The van der Waals surface area contributed by atoms with Crippen LogP contribution in [0.15, 0.2) is 24.3 Å². The Hall–Kier alpha value is -1.11. The lowest BCUT2D eigenvalue weighted by Gasteiger charge is -2.26. The van der Waals surface area contributed by atoms with Crippen LogP contribution in [0.5, 0.6) is 0 Å². The molecule has 1 aromatic heterocycles. The van der Waals surface area contributed by atoms with Crippen LogP contribution >= 0.6 is 23.2 Å². The molecule has 0 spiro atoms. The molecule has 5 nitrogen and oxygen atoms in total. The molecule has 1 aliphatic heterocycles. The number of halogens is 2. The number of benzene rings is 1. The zero-order chi connectivity index (χ0) is 17.6. The Balaban J connectivity index is 1.53. The summed E-state index contributed by atoms with van der Waals surface area (Å²) in [4.78, 5) is 2.44. The summed E-state index contributed by atoms with van der Waals surface area (Å²) in [6.45, 7) is 8.51. The summed E-state index contributed by atoms with van der Waals surface area (Å²) in [5.41, 5.74) is 2.74. The SMILES string of the molecule is Cc1nn(-c2ccccc2Cl)c(Cl)c1CNCCCN1CCOCC1. The molecule has 0 radical (unpaired) electrons. The van der Waals surface area contributed by atoms with Gasteiger partial charge in [0, 0.05) is 25.2 Å². The number of hydrogen-bond acceptors (Lipinski definition) is 4. The van der Waals surface area contributed by atoms with Crippen molar-refractivity contribution in [3.8, 4) is 5.69 Å². The zero-order valence-corrected chi connectivity index (χ0v) is 16.0. The number of hydrogen-bond donors (Lipinski definition) is 1. The van der Waals surface area contributed by atoms with Crippen LogP contribution in [0.2, 0.25) is 10.2 Å². The first-order valence-corrected chi connectivity index (χ1v) is 9.42. The number of rotatable bonds is 7. The smallest absolute Gasteiger partial charge is 0.137 e. The van der Waals surface area contributed by atoms with Crippen molar-refractivity contribution in [2.24, 2.45) is 0 Å². The molecule has 2 heterocycles. The average Bonchev–Trinajstić information content (AvgIpc) is 2.90. The van der Waals surface area contributed by atoms with Crippen LogP contribution in [-0.4, -0.2) is 54.1 Å². The first-order chi connectivity index (χ1) is 12.2. The van der Waals surface area contributed by atoms with E-state index in [1.54, 1.807) is 4.68 Å². The Morgan fingerprint density at radius 3 is 2.72 bits per heavy atom. The minimum atomic E-state index is 0.617. The molecule has 0 bridgehead atoms. The van der Waals surface area contributed by atoms with Gasteiger partial charge in [-0.3, -0.25) is 4.90 Å². The first-order valence-electron chi connectivity index (χ1n) is 8.66. The Labute approximate surface area is 158 Å². The van der Waals surface area contributed by atoms with Crippen LogP contribution in [0, 0.1) is 6.92 Å². The van der Waals surface area contributed by atoms with Gasteiger partial charge in [0.25, 0.3) is 0 Å². The molecular formula is C18H24Cl2N4O. The second-order valence-corrected chi connectivity index (χ2v) is 6.97. The van der Waals surface area contributed by atoms with E-state index in [0.29, 0.717) is 16.7 Å². The van der Waals surface area contributed by atoms with E-state index in [1.807, 2.05) is 31.2 Å². The average molecular weight is 383 g/mol. The molecule has 1 aliphatic rings. The highest BCUT2D eigenvalue weighted by atomic mass is 35.5. The second-order valence-electron chi connectivity index (χ2n) is 6.20. The van der Waals surface area contributed by atoms with Gasteiger partial charge in [0.05, 0.1) is 29.6 Å². The van der Waals surface area contributed by atoms with Crippen molar-refractivity contribution in [3.05, 3.63) is 45.7 Å². The number of morpholine rings is 1. The number of nitrogens with zero attached hydrogens (tertiary/aromatic N) is 3. The highest BCUT2D eigenvalue weighted by molar-refractivity contribution is 6.33. The van der Waals surface area contributed by atoms with Crippen molar-refractivity contribution in [1.29, 1.82) is 0 Å². The van der Waals surface area contributed by atoms with Crippen LogP contribution in [0.4, 0.5) is 0 Å². The lowest BCUT2D eigenvalue weighted by molar-refractivity contribution is 0.0374. The van der Waals surface area contributed by atoms with Crippen LogP contribution in [0.3, 0.4) is 0 Å². The predicted octanol–water partition coefficient (Wildman–Crippen LogP) is 3.30. The van der Waals surface area contributed by atoms with Gasteiger partial charge in [-0.15, -0.1) is 0 Å². The third-order valence-corrected chi connectivity index (χ3v) is 5.14. The maximum absolute atomic E-state index is 6.55. The fraction of sp³-hybridized carbons (Fsp3) is 0.500. The molecule has 0 aliphatic carbocycles. The molecule has 1 N–H and O–H groups in total. The van der Waals surface area contributed by atoms with Crippen LogP contribution in [0.25, 0.3) is 5.69 Å². The summed E-state index contributed by atoms with van der Waals surface area (Å²) in [5, 5.41) is 9.28. The van der Waals surface area contributed by atoms with Crippen molar-refractivity contribution in [2.45, 2.75) is 19.9 Å². The fourth-order valence-electron chi connectivity index (χ4n) is 2.98. The highest BCUT2D eigenvalue weighted by Crippen LogP contribution is 2.27. The van der Waals surface area contributed by atoms with E-state index >= 15 is 0 Å². The number of ether oxygens (including phenoxy) is 1. The van der Waals surface area contributed by atoms with E-state index in [4.69, 9.17) is 27.9 Å². The topological polar surface area (TPSA) is 42.3 Å². The number of aryl methyl sites for hydroxylation is 1. The molecule has 0 unspecified atom stereocenters. The molecule has 0 saturated carbocycles. The molecule has 0 amide bonds. The summed E-state index contributed by atoms with van der Waals surface area (Å²) >= 11 is 12.8. The van der Waals surface area contributed by atoms with Crippen LogP contribution in [0.1, 0.15) is 17.7 Å². The van der Waals surface area contributed by atoms with Crippen molar-refractivity contribution in [1.82, 2.24) is 20.0 Å². The van der Waals surface area contributed by atoms with Crippen molar-refractivity contribution in [3.63, 3.8) is 0 Å². The largest absolute Gasteiger partial charge is 0.379 e. The normalized spacial score (nSPS) is 15.6. The molecule has 0 atom stereocenters. The van der Waals surface area contributed by atoms with Gasteiger partial charge >= 0.3 is 0 Å². The lowest BCUT2D eigenvalue weighted by atomic mass is 10.2. The quantitative estimate of drug-likeness (QED) is 0.745. The van der Waals surface area contributed by atoms with E-state index in [2.05, 4.69) is 15.3 Å². The van der Waals surface area contributed by atoms with E-state index < -0.39 is 0 Å². The Kier molecular flexibility index (Phi) is 6.73. The van der Waals surface area contributed by atoms with Gasteiger partial charge in [-0.05, 0) is 38.6 Å². The minimum absolute atomic E-state index is 0.617. The maximum atomic E-state index is 6.55. The van der Waals surface area contributed by atoms with E-state index in [1.165, 1.54) is 0 Å². The van der Waals surface area contributed by atoms with E-state index in [9.17, 15) is 0 Å². The van der Waals surface area contributed by atoms with E-state index in [-0.39, 0.29) is 0 Å². The Morgan fingerprint density at radius 1 is 1.20 bits per heavy atom. The number of nitrogens with one attached hydrogen (secondary N) is 1. The van der Waals surface area contributed by atoms with Gasteiger partial charge in [-0.1, -0.05) is 35.3 Å². The second kappa shape index (κ2) is 9.01. The zero-order valence-electron chi connectivity index (χ0n) is 14.5. The van der Waals surface area contributed by atoms with Crippen molar-refractivity contribution < 1.29 is 4.74 Å². The molecule has 25 heavy (non-hydrogen) atoms. The molecule has 2 aromatic rings. The van der Waals surface area contributed by atoms with Gasteiger partial charge in [-0.2, -0.15) is 5.10 Å². The molecule has 1 aromatic carbocycles. The summed E-state index contributed by atoms with van der Waals surface area (Å²) in [7, 11) is 0. The highest BCUT2D eigenvalue weighted by Gasteiger charge is 2.16. The standard InChI is InChI=1S/C18H24Cl2N4O/c1-14-15(13-21-7-4-8-23-9-11-25-12-10-23)18(20)24(22-14)17-6-3-2-5-16(17)19/h2-3,5-6,21H,4,7-13H2,1H3. The van der Waals surface area contributed by atoms with Gasteiger partial charge in [-0.25, -0.2) is 4.68 Å². The summed E-state index contributed by atoms with van der Waals surface area (Å²) in [6.07, 6.45) is 1.11.